The van der Waals surface area contributed by atoms with Crippen LogP contribution in [0.15, 0.2) is 17.5 Å². The lowest BCUT2D eigenvalue weighted by Gasteiger charge is -2.30. The predicted molar refractivity (Wildman–Crippen MR) is 316 cm³/mol. The molecular weight excluding hydrogens is 1150 g/mol. The smallest absolute Gasteiger partial charge is 0.326 e. The first kappa shape index (κ1) is 75.9. The third-order valence-corrected chi connectivity index (χ3v) is 13.9. The Morgan fingerprint density at radius 3 is 1.52 bits per heavy atom. The molecule has 0 radical (unpaired) electrons. The van der Waals surface area contributed by atoms with Gasteiger partial charge in [-0.2, -0.15) is 11.8 Å². The molecule has 0 aromatic carbocycles. The number of carbonyl (C=O) groups excluding carboxylic acids is 11. The summed E-state index contributed by atoms with van der Waals surface area (Å²) in [5.74, 6) is -13.6. The first-order valence-corrected chi connectivity index (χ1v) is 29.7. The lowest BCUT2D eigenvalue weighted by atomic mass is 9.96. The van der Waals surface area contributed by atoms with Crippen LogP contribution >= 0.6 is 11.8 Å². The topological polar surface area (TPSA) is 528 Å². The van der Waals surface area contributed by atoms with Crippen molar-refractivity contribution in [3.05, 3.63) is 18.2 Å². The fourth-order valence-corrected chi connectivity index (χ4v) is 8.55. The third kappa shape index (κ3) is 28.7. The number of nitrogens with zero attached hydrogens (tertiary/aromatic N) is 2. The monoisotopic (exact) mass is 1240 g/mol. The second kappa shape index (κ2) is 38.8. The van der Waals surface area contributed by atoms with Gasteiger partial charge in [0.25, 0.3) is 0 Å². The van der Waals surface area contributed by atoms with Gasteiger partial charge in [-0.25, -0.2) is 9.78 Å². The van der Waals surface area contributed by atoms with Crippen molar-refractivity contribution in [2.45, 2.75) is 193 Å². The van der Waals surface area contributed by atoms with E-state index in [1.54, 1.807) is 47.8 Å². The maximum atomic E-state index is 14.3. The van der Waals surface area contributed by atoms with Crippen molar-refractivity contribution >= 4 is 94.6 Å². The van der Waals surface area contributed by atoms with Crippen molar-refractivity contribution in [3.63, 3.8) is 0 Å². The Morgan fingerprint density at radius 2 is 1.03 bits per heavy atom. The van der Waals surface area contributed by atoms with Crippen molar-refractivity contribution in [1.82, 2.24) is 63.1 Å². The molecule has 0 aliphatic heterocycles. The molecule has 0 bridgehead atoms. The number of amides is 11. The fourth-order valence-electron chi connectivity index (χ4n) is 8.08. The van der Waals surface area contributed by atoms with Gasteiger partial charge >= 0.3 is 11.9 Å². The quantitative estimate of drug-likeness (QED) is 0.0169. The van der Waals surface area contributed by atoms with Crippen molar-refractivity contribution in [1.29, 1.82) is 0 Å². The van der Waals surface area contributed by atoms with Gasteiger partial charge in [0.2, 0.25) is 65.0 Å². The number of aromatic amines is 1. The Kier molecular flexibility index (Phi) is 34.2. The Bertz CT molecular complexity index is 2500. The van der Waals surface area contributed by atoms with Crippen molar-refractivity contribution in [2.75, 3.05) is 18.6 Å². The highest BCUT2D eigenvalue weighted by Crippen LogP contribution is 2.14. The molecular formula is C53H91N17O15S. The molecule has 1 rings (SSSR count). The van der Waals surface area contributed by atoms with E-state index in [0.29, 0.717) is 11.4 Å². The highest BCUT2D eigenvalue weighted by molar-refractivity contribution is 7.98. The summed E-state index contributed by atoms with van der Waals surface area (Å²) >= 11 is 1.33. The Hall–Kier alpha value is -8.10. The van der Waals surface area contributed by atoms with Gasteiger partial charge in [-0.05, 0) is 89.1 Å². The van der Waals surface area contributed by atoms with Crippen LogP contribution < -0.4 is 76.1 Å². The highest BCUT2D eigenvalue weighted by atomic mass is 32.2. The van der Waals surface area contributed by atoms with Crippen LogP contribution in [0.1, 0.15) is 126 Å². The van der Waals surface area contributed by atoms with Gasteiger partial charge in [0, 0.05) is 37.7 Å². The van der Waals surface area contributed by atoms with Gasteiger partial charge in [-0.15, -0.1) is 0 Å². The normalized spacial score (nSPS) is 15.3. The number of thioether (sulfide) groups is 1. The Morgan fingerprint density at radius 1 is 0.570 bits per heavy atom. The van der Waals surface area contributed by atoms with Crippen LogP contribution in [0.3, 0.4) is 0 Å². The molecule has 32 nitrogen and oxygen atoms in total. The molecule has 33 heteroatoms. The lowest BCUT2D eigenvalue weighted by Crippen LogP contribution is -2.61. The molecule has 0 saturated carbocycles. The number of primary amides is 1. The van der Waals surface area contributed by atoms with Gasteiger partial charge in [0.15, 0.2) is 5.96 Å². The molecule has 1 aromatic rings. The van der Waals surface area contributed by atoms with Gasteiger partial charge in [0.05, 0.1) is 12.4 Å². The molecule has 0 aliphatic rings. The number of H-pyrrole nitrogens is 1. The molecule has 11 amide bonds. The van der Waals surface area contributed by atoms with E-state index in [9.17, 15) is 72.5 Å². The largest absolute Gasteiger partial charge is 0.481 e. The number of aliphatic carboxylic acids is 2. The average molecular weight is 1240 g/mol. The standard InChI is InChI=1S/C53H91N17O15S/c1-11-27(6)41(70-47(79)33(15-17-39(72)73)63-43(75)30(9)62-50(82)40(26(4)5)69-42(74)28(7)54)51(83)65-32(14-16-38(55)71)45(77)67-36(21-25(2)3)49(81)64-34(18-20-86-10)46(78)68-37(22-31-23-58-24-60-31)48(80)61-29(8)44(76)66-35(52(84)85)13-12-19-59-53(56)57/h23-30,32-37,40-41H,11-22,54H2,1-10H3,(H2,55,71)(H,58,60)(H,61,80)(H,62,82)(H,63,75)(H,64,81)(H,65,83)(H,66,76)(H,67,77)(H,68,78)(H,69,74)(H,70,79)(H,72,73)(H,84,85)(H4,56,57,59)/t27-,28-,29-,30-,32-,33-,34-,35-,36-,37-,40-,41-/m0/s1. The fraction of sp³-hybridized carbons (Fsp3) is 0.679. The van der Waals surface area contributed by atoms with Crippen LogP contribution in [-0.2, 0) is 68.7 Å². The first-order chi connectivity index (χ1) is 40.2. The highest BCUT2D eigenvalue weighted by Gasteiger charge is 2.37. The van der Waals surface area contributed by atoms with Gasteiger partial charge in [0.1, 0.15) is 60.4 Å². The molecule has 0 unspecified atom stereocenters. The van der Waals surface area contributed by atoms with Gasteiger partial charge < -0.3 is 91.3 Å². The average Bonchev–Trinajstić information content (AvgIpc) is 2.82. The summed E-state index contributed by atoms with van der Waals surface area (Å²) in [6.07, 6.45) is 2.68. The zero-order chi connectivity index (χ0) is 65.5. The second-order valence-electron chi connectivity index (χ2n) is 21.6. The Balaban J connectivity index is 3.50. The van der Waals surface area contributed by atoms with E-state index in [1.807, 2.05) is 0 Å². The summed E-state index contributed by atoms with van der Waals surface area (Å²) in [7, 11) is 0. The minimum atomic E-state index is -1.59. The predicted octanol–water partition coefficient (Wildman–Crippen LogP) is -4.04. The number of carboxylic acid groups (broad SMARTS) is 2. The van der Waals surface area contributed by atoms with Crippen LogP contribution in [0.2, 0.25) is 0 Å². The van der Waals surface area contributed by atoms with Crippen LogP contribution in [0.4, 0.5) is 0 Å². The number of carboxylic acids is 2. The molecule has 86 heavy (non-hydrogen) atoms. The van der Waals surface area contributed by atoms with E-state index in [1.165, 1.54) is 45.1 Å². The molecule has 21 N–H and O–H groups in total. The minimum absolute atomic E-state index is 0.00315. The summed E-state index contributed by atoms with van der Waals surface area (Å²) in [6.45, 7) is 14.1. The molecule has 1 heterocycles. The number of imidazole rings is 1. The van der Waals surface area contributed by atoms with Crippen molar-refractivity contribution in [3.8, 4) is 0 Å². The summed E-state index contributed by atoms with van der Waals surface area (Å²) in [6, 6.07) is -14.9. The van der Waals surface area contributed by atoms with E-state index in [2.05, 4.69) is 68.1 Å². The number of nitrogens with two attached hydrogens (primary N) is 4. The molecule has 0 saturated heterocycles. The maximum Gasteiger partial charge on any atom is 0.326 e. The SMILES string of the molecule is CC[C@H](C)[C@H](NC(=O)[C@H](CCC(=O)O)NC(=O)[C@H](C)NC(=O)[C@@H](NC(=O)[C@H](C)N)C(C)C)C(=O)N[C@@H](CCC(N)=O)C(=O)N[C@@H](CC(C)C)C(=O)N[C@@H](CCSC)C(=O)N[C@@H](Cc1cnc[nH]1)C(=O)N[C@@H](C)C(=O)N[C@@H](CCCN=C(N)N)C(=O)O. The number of hydrogen-bond donors (Lipinski definition) is 17. The summed E-state index contributed by atoms with van der Waals surface area (Å²) in [4.78, 5) is 184. The summed E-state index contributed by atoms with van der Waals surface area (Å²) in [5.41, 5.74) is 22.2. The number of hydrogen-bond acceptors (Lipinski definition) is 17. The Labute approximate surface area is 504 Å². The van der Waals surface area contributed by atoms with Gasteiger partial charge in [-0.1, -0.05) is 48.0 Å². The molecule has 0 fully saturated rings. The van der Waals surface area contributed by atoms with Gasteiger partial charge in [-0.3, -0.25) is 62.5 Å². The van der Waals surface area contributed by atoms with Crippen LogP contribution in [0, 0.1) is 17.8 Å². The summed E-state index contributed by atoms with van der Waals surface area (Å²) < 4.78 is 0. The molecule has 1 aromatic heterocycles. The first-order valence-electron chi connectivity index (χ1n) is 28.3. The number of aliphatic imine (C=N–C) groups is 1. The third-order valence-electron chi connectivity index (χ3n) is 13.3. The van der Waals surface area contributed by atoms with Crippen LogP contribution in [0.25, 0.3) is 0 Å². The zero-order valence-corrected chi connectivity index (χ0v) is 51.4. The second-order valence-corrected chi connectivity index (χ2v) is 22.6. The van der Waals surface area contributed by atoms with E-state index < -0.39 is 181 Å². The maximum absolute atomic E-state index is 14.3. The van der Waals surface area contributed by atoms with Crippen LogP contribution in [-0.4, -0.2) is 188 Å². The molecule has 0 aliphatic carbocycles. The van der Waals surface area contributed by atoms with E-state index in [4.69, 9.17) is 22.9 Å². The number of aromatic nitrogens is 2. The lowest BCUT2D eigenvalue weighted by molar-refractivity contribution is -0.142. The molecule has 484 valence electrons. The number of guanidine groups is 1. The minimum Gasteiger partial charge on any atom is -0.481 e. The summed E-state index contributed by atoms with van der Waals surface area (Å²) in [5, 5.41) is 44.5. The zero-order valence-electron chi connectivity index (χ0n) is 50.5. The molecule has 0 spiro atoms. The van der Waals surface area contributed by atoms with Crippen LogP contribution in [0.5, 0.6) is 0 Å². The molecule has 12 atom stereocenters. The van der Waals surface area contributed by atoms with Crippen molar-refractivity contribution in [2.24, 2.45) is 45.7 Å². The van der Waals surface area contributed by atoms with E-state index in [0.717, 1.165) is 0 Å². The number of carbonyl (C=O) groups is 13. The van der Waals surface area contributed by atoms with Crippen molar-refractivity contribution < 1.29 is 72.5 Å². The van der Waals surface area contributed by atoms with E-state index >= 15 is 0 Å². The van der Waals surface area contributed by atoms with E-state index in [-0.39, 0.29) is 56.9 Å². The number of nitrogens with one attached hydrogen (secondary N) is 11. The number of rotatable bonds is 41.